The molecular weight excluding hydrogens is 310 g/mol. The van der Waals surface area contributed by atoms with Gasteiger partial charge in [-0.3, -0.25) is 0 Å². The lowest BCUT2D eigenvalue weighted by atomic mass is 10.1. The molecular formula is C13H16BrN3S. The third-order valence-electron chi connectivity index (χ3n) is 2.45. The Morgan fingerprint density at radius 1 is 1.22 bits per heavy atom. The van der Waals surface area contributed by atoms with Gasteiger partial charge in [0, 0.05) is 22.1 Å². The number of hydrogen-bond acceptors (Lipinski definition) is 4. The number of aromatic nitrogens is 2. The largest absolute Gasteiger partial charge is 0.307 e. The molecule has 1 aromatic carbocycles. The highest BCUT2D eigenvalue weighted by molar-refractivity contribution is 9.10. The van der Waals surface area contributed by atoms with Crippen LogP contribution >= 0.6 is 27.5 Å². The van der Waals surface area contributed by atoms with Crippen LogP contribution in [0.5, 0.6) is 0 Å². The van der Waals surface area contributed by atoms with Gasteiger partial charge in [0.05, 0.1) is 4.88 Å². The summed E-state index contributed by atoms with van der Waals surface area (Å²) < 4.78 is 5.13. The molecule has 0 aliphatic heterocycles. The molecule has 1 heterocycles. The maximum atomic E-state index is 4.23. The molecule has 0 unspecified atom stereocenters. The summed E-state index contributed by atoms with van der Waals surface area (Å²) in [4.78, 5) is 1.17. The lowest BCUT2D eigenvalue weighted by Gasteiger charge is -2.19. The number of nitrogens with one attached hydrogen (secondary N) is 1. The van der Waals surface area contributed by atoms with Crippen molar-refractivity contribution >= 4 is 27.5 Å². The molecule has 2 aromatic rings. The van der Waals surface area contributed by atoms with E-state index < -0.39 is 0 Å². The highest BCUT2D eigenvalue weighted by atomic mass is 79.9. The van der Waals surface area contributed by atoms with Gasteiger partial charge in [-0.1, -0.05) is 32.6 Å². The summed E-state index contributed by atoms with van der Waals surface area (Å²) in [6.07, 6.45) is 0. The van der Waals surface area contributed by atoms with E-state index in [0.29, 0.717) is 0 Å². The summed E-state index contributed by atoms with van der Waals surface area (Å²) in [5.74, 6) is 0. The fraction of sp³-hybridized carbons (Fsp3) is 0.385. The zero-order valence-corrected chi connectivity index (χ0v) is 13.1. The summed E-state index contributed by atoms with van der Waals surface area (Å²) >= 11 is 4.89. The van der Waals surface area contributed by atoms with Crippen molar-refractivity contribution in [1.29, 1.82) is 0 Å². The van der Waals surface area contributed by atoms with Gasteiger partial charge in [-0.05, 0) is 44.4 Å². The zero-order chi connectivity index (χ0) is 13.2. The summed E-state index contributed by atoms with van der Waals surface area (Å²) in [6.45, 7) is 7.26. The van der Waals surface area contributed by atoms with Gasteiger partial charge < -0.3 is 5.32 Å². The van der Waals surface area contributed by atoms with E-state index >= 15 is 0 Å². The number of benzene rings is 1. The molecule has 0 aliphatic carbocycles. The van der Waals surface area contributed by atoms with Crippen LogP contribution in [0.25, 0.3) is 11.3 Å². The second-order valence-corrected chi connectivity index (χ2v) is 6.91. The first-order valence-electron chi connectivity index (χ1n) is 5.78. The lowest BCUT2D eigenvalue weighted by Crippen LogP contribution is -2.34. The van der Waals surface area contributed by atoms with Crippen molar-refractivity contribution in [3.63, 3.8) is 0 Å². The van der Waals surface area contributed by atoms with Gasteiger partial charge in [-0.2, -0.15) is 0 Å². The normalized spacial score (nSPS) is 11.8. The van der Waals surface area contributed by atoms with E-state index in [9.17, 15) is 0 Å². The molecule has 96 valence electrons. The summed E-state index contributed by atoms with van der Waals surface area (Å²) in [5.41, 5.74) is 2.18. The molecule has 1 N–H and O–H groups in total. The Morgan fingerprint density at radius 3 is 2.50 bits per heavy atom. The molecule has 2 rings (SSSR count). The molecule has 0 spiro atoms. The SMILES string of the molecule is CC(C)(C)NCc1snnc1-c1ccc(Br)cc1. The Hall–Kier alpha value is -0.780. The average molecular weight is 326 g/mol. The molecule has 5 heteroatoms. The van der Waals surface area contributed by atoms with Gasteiger partial charge in [0.25, 0.3) is 0 Å². The number of rotatable bonds is 3. The van der Waals surface area contributed by atoms with Gasteiger partial charge in [0.15, 0.2) is 0 Å². The molecule has 0 saturated heterocycles. The van der Waals surface area contributed by atoms with Gasteiger partial charge in [-0.25, -0.2) is 0 Å². The molecule has 0 radical (unpaired) electrons. The monoisotopic (exact) mass is 325 g/mol. The van der Waals surface area contributed by atoms with Crippen molar-refractivity contribution in [2.45, 2.75) is 32.9 Å². The van der Waals surface area contributed by atoms with Crippen LogP contribution in [0.4, 0.5) is 0 Å². The molecule has 0 fully saturated rings. The number of hydrogen-bond donors (Lipinski definition) is 1. The molecule has 0 amide bonds. The molecule has 0 aliphatic rings. The van der Waals surface area contributed by atoms with Crippen LogP contribution in [0.15, 0.2) is 28.7 Å². The smallest absolute Gasteiger partial charge is 0.110 e. The second-order valence-electron chi connectivity index (χ2n) is 5.16. The average Bonchev–Trinajstić information content (AvgIpc) is 2.75. The predicted molar refractivity (Wildman–Crippen MR) is 79.6 cm³/mol. The van der Waals surface area contributed by atoms with Crippen molar-refractivity contribution in [2.24, 2.45) is 0 Å². The minimum absolute atomic E-state index is 0.0982. The molecule has 3 nitrogen and oxygen atoms in total. The first-order chi connectivity index (χ1) is 8.46. The maximum Gasteiger partial charge on any atom is 0.110 e. The van der Waals surface area contributed by atoms with E-state index in [2.05, 4.69) is 63.7 Å². The van der Waals surface area contributed by atoms with Crippen LogP contribution in [0.3, 0.4) is 0 Å². The van der Waals surface area contributed by atoms with Crippen LogP contribution < -0.4 is 5.32 Å². The number of nitrogens with zero attached hydrogens (tertiary/aromatic N) is 2. The quantitative estimate of drug-likeness (QED) is 0.931. The Kier molecular flexibility index (Phi) is 4.14. The summed E-state index contributed by atoms with van der Waals surface area (Å²) in [7, 11) is 0. The molecule has 1 aromatic heterocycles. The Bertz CT molecular complexity index is 514. The van der Waals surface area contributed by atoms with Crippen molar-refractivity contribution in [3.8, 4) is 11.3 Å². The van der Waals surface area contributed by atoms with Gasteiger partial charge in [0.1, 0.15) is 5.69 Å². The number of halogens is 1. The van der Waals surface area contributed by atoms with E-state index in [-0.39, 0.29) is 5.54 Å². The fourth-order valence-corrected chi connectivity index (χ4v) is 2.36. The van der Waals surface area contributed by atoms with E-state index in [1.54, 1.807) is 0 Å². The Morgan fingerprint density at radius 2 is 1.89 bits per heavy atom. The summed E-state index contributed by atoms with van der Waals surface area (Å²) in [5, 5.41) is 7.70. The summed E-state index contributed by atoms with van der Waals surface area (Å²) in [6, 6.07) is 8.16. The van der Waals surface area contributed by atoms with Crippen molar-refractivity contribution in [1.82, 2.24) is 14.9 Å². The fourth-order valence-electron chi connectivity index (χ4n) is 1.50. The highest BCUT2D eigenvalue weighted by Crippen LogP contribution is 2.25. The van der Waals surface area contributed by atoms with Gasteiger partial charge in [0.2, 0.25) is 0 Å². The molecule has 0 saturated carbocycles. The minimum atomic E-state index is 0.0982. The van der Waals surface area contributed by atoms with Gasteiger partial charge in [-0.15, -0.1) is 5.10 Å². The molecule has 0 atom stereocenters. The maximum absolute atomic E-state index is 4.23. The Balaban J connectivity index is 2.20. The predicted octanol–water partition coefficient (Wildman–Crippen LogP) is 3.86. The van der Waals surface area contributed by atoms with Crippen LogP contribution in [-0.4, -0.2) is 15.1 Å². The van der Waals surface area contributed by atoms with Crippen LogP contribution in [0, 0.1) is 0 Å². The standard InChI is InChI=1S/C13H16BrN3S/c1-13(2,3)15-8-11-12(16-17-18-11)9-4-6-10(14)7-5-9/h4-7,15H,8H2,1-3H3. The van der Waals surface area contributed by atoms with Crippen LogP contribution in [0.1, 0.15) is 25.6 Å². The molecule has 18 heavy (non-hydrogen) atoms. The third-order valence-corrected chi connectivity index (χ3v) is 3.70. The third kappa shape index (κ3) is 3.60. The van der Waals surface area contributed by atoms with Crippen LogP contribution in [0.2, 0.25) is 0 Å². The lowest BCUT2D eigenvalue weighted by molar-refractivity contribution is 0.426. The van der Waals surface area contributed by atoms with E-state index in [0.717, 1.165) is 22.3 Å². The van der Waals surface area contributed by atoms with E-state index in [1.165, 1.54) is 16.4 Å². The highest BCUT2D eigenvalue weighted by Gasteiger charge is 2.14. The van der Waals surface area contributed by atoms with Crippen molar-refractivity contribution < 1.29 is 0 Å². The zero-order valence-electron chi connectivity index (χ0n) is 10.7. The first-order valence-corrected chi connectivity index (χ1v) is 7.34. The molecule has 0 bridgehead atoms. The topological polar surface area (TPSA) is 37.8 Å². The van der Waals surface area contributed by atoms with Gasteiger partial charge >= 0.3 is 0 Å². The van der Waals surface area contributed by atoms with E-state index in [4.69, 9.17) is 0 Å². The minimum Gasteiger partial charge on any atom is -0.307 e. The van der Waals surface area contributed by atoms with Crippen molar-refractivity contribution in [3.05, 3.63) is 33.6 Å². The second kappa shape index (κ2) is 5.47. The van der Waals surface area contributed by atoms with E-state index in [1.807, 2.05) is 12.1 Å². The first kappa shape index (κ1) is 13.6. The van der Waals surface area contributed by atoms with Crippen LogP contribution in [-0.2, 0) is 6.54 Å². The Labute approximate surface area is 120 Å². The van der Waals surface area contributed by atoms with Crippen molar-refractivity contribution in [2.75, 3.05) is 0 Å².